The molecule has 0 saturated carbocycles. The second-order valence-corrected chi connectivity index (χ2v) is 3.89. The lowest BCUT2D eigenvalue weighted by Gasteiger charge is -2.13. The summed E-state index contributed by atoms with van der Waals surface area (Å²) in [5.74, 6) is -0.917. The maximum absolute atomic E-state index is 11.7. The number of rotatable bonds is 4. The number of nitrogens with zero attached hydrogens (tertiary/aromatic N) is 1. The summed E-state index contributed by atoms with van der Waals surface area (Å²) < 4.78 is 4.80. The Bertz CT molecular complexity index is 498. The van der Waals surface area contributed by atoms with Crippen LogP contribution in [0.3, 0.4) is 0 Å². The molecule has 1 aromatic rings. The number of hydrogen-bond donors (Lipinski definition) is 2. The zero-order chi connectivity index (χ0) is 13.0. The van der Waals surface area contributed by atoms with Crippen molar-refractivity contribution in [2.24, 2.45) is 0 Å². The number of halogens is 1. The smallest absolute Gasteiger partial charge is 0.395 e. The molecule has 0 unspecified atom stereocenters. The molecule has 1 aliphatic heterocycles. The number of amides is 1. The standard InChI is InChI=1S/C11H13N3O4.ClH/c15-11(9-1-2-10(18-9)14(16)17)13-7-8-3-5-12-6-4-8;/h1-3,12H,4-7H2,(H,13,15);1H. The molecule has 1 aliphatic rings. The van der Waals surface area contributed by atoms with Gasteiger partial charge in [0, 0.05) is 13.1 Å². The third-order valence-corrected chi connectivity index (χ3v) is 2.63. The van der Waals surface area contributed by atoms with Gasteiger partial charge in [0.25, 0.3) is 5.91 Å². The van der Waals surface area contributed by atoms with Gasteiger partial charge in [-0.25, -0.2) is 0 Å². The van der Waals surface area contributed by atoms with E-state index in [4.69, 9.17) is 4.42 Å². The predicted octanol–water partition coefficient (Wildman–Crippen LogP) is 1.26. The number of carbonyl (C=O) groups excluding carboxylic acids is 1. The molecule has 1 amide bonds. The van der Waals surface area contributed by atoms with Gasteiger partial charge in [0.2, 0.25) is 0 Å². The van der Waals surface area contributed by atoms with E-state index in [0.717, 1.165) is 25.1 Å². The van der Waals surface area contributed by atoms with Crippen molar-refractivity contribution in [1.82, 2.24) is 10.6 Å². The van der Waals surface area contributed by atoms with Gasteiger partial charge in [0.05, 0.1) is 6.07 Å². The first-order chi connectivity index (χ1) is 8.66. The second kappa shape index (κ2) is 6.91. The Balaban J connectivity index is 0.00000180. The van der Waals surface area contributed by atoms with E-state index in [0.29, 0.717) is 6.54 Å². The highest BCUT2D eigenvalue weighted by atomic mass is 35.5. The van der Waals surface area contributed by atoms with Gasteiger partial charge in [0.15, 0.2) is 5.76 Å². The van der Waals surface area contributed by atoms with Crippen molar-refractivity contribution in [3.05, 3.63) is 39.7 Å². The summed E-state index contributed by atoms with van der Waals surface area (Å²) in [6, 6.07) is 2.46. The van der Waals surface area contributed by atoms with Gasteiger partial charge in [-0.3, -0.25) is 14.9 Å². The molecule has 7 nitrogen and oxygen atoms in total. The minimum atomic E-state index is -0.674. The molecule has 8 heteroatoms. The van der Waals surface area contributed by atoms with E-state index in [-0.39, 0.29) is 18.2 Å². The van der Waals surface area contributed by atoms with Gasteiger partial charge in [-0.1, -0.05) is 11.6 Å². The van der Waals surface area contributed by atoms with Crippen LogP contribution in [0.5, 0.6) is 0 Å². The minimum absolute atomic E-state index is 0. The molecule has 0 spiro atoms. The van der Waals surface area contributed by atoms with Crippen molar-refractivity contribution < 1.29 is 14.1 Å². The molecule has 0 aliphatic carbocycles. The monoisotopic (exact) mass is 287 g/mol. The number of nitro groups is 1. The topological polar surface area (TPSA) is 97.4 Å². The number of nitrogens with one attached hydrogen (secondary N) is 2. The first-order valence-corrected chi connectivity index (χ1v) is 5.58. The Morgan fingerprint density at radius 2 is 2.32 bits per heavy atom. The highest BCUT2D eigenvalue weighted by Crippen LogP contribution is 2.15. The first kappa shape index (κ1) is 15.2. The Hall–Kier alpha value is -1.86. The van der Waals surface area contributed by atoms with Gasteiger partial charge in [-0.2, -0.15) is 0 Å². The predicted molar refractivity (Wildman–Crippen MR) is 70.5 cm³/mol. The Morgan fingerprint density at radius 1 is 1.53 bits per heavy atom. The van der Waals surface area contributed by atoms with Crippen LogP contribution in [0.4, 0.5) is 5.88 Å². The summed E-state index contributed by atoms with van der Waals surface area (Å²) >= 11 is 0. The third-order valence-electron chi connectivity index (χ3n) is 2.63. The lowest BCUT2D eigenvalue weighted by atomic mass is 10.1. The maximum Gasteiger partial charge on any atom is 0.433 e. The quantitative estimate of drug-likeness (QED) is 0.493. The number of hydrogen-bond acceptors (Lipinski definition) is 5. The summed E-state index contributed by atoms with van der Waals surface area (Å²) in [7, 11) is 0. The number of furan rings is 1. The van der Waals surface area contributed by atoms with E-state index in [1.165, 1.54) is 12.1 Å². The fourth-order valence-electron chi connectivity index (χ4n) is 1.66. The summed E-state index contributed by atoms with van der Waals surface area (Å²) in [6.45, 7) is 2.14. The maximum atomic E-state index is 11.7. The lowest BCUT2D eigenvalue weighted by molar-refractivity contribution is -0.402. The van der Waals surface area contributed by atoms with Crippen molar-refractivity contribution in [3.63, 3.8) is 0 Å². The van der Waals surface area contributed by atoms with Crippen LogP contribution in [0, 0.1) is 10.1 Å². The van der Waals surface area contributed by atoms with E-state index in [1.807, 2.05) is 6.08 Å². The average molecular weight is 288 g/mol. The van der Waals surface area contributed by atoms with Crippen LogP contribution in [-0.4, -0.2) is 30.5 Å². The molecule has 0 saturated heterocycles. The van der Waals surface area contributed by atoms with Crippen molar-refractivity contribution in [3.8, 4) is 0 Å². The Morgan fingerprint density at radius 3 is 2.89 bits per heavy atom. The van der Waals surface area contributed by atoms with Crippen LogP contribution < -0.4 is 10.6 Å². The van der Waals surface area contributed by atoms with Crippen molar-refractivity contribution >= 4 is 24.2 Å². The second-order valence-electron chi connectivity index (χ2n) is 3.89. The van der Waals surface area contributed by atoms with Gasteiger partial charge in [-0.15, -0.1) is 12.4 Å². The normalized spacial score (nSPS) is 14.2. The molecule has 0 bridgehead atoms. The van der Waals surface area contributed by atoms with Crippen LogP contribution in [-0.2, 0) is 0 Å². The average Bonchev–Trinajstić information content (AvgIpc) is 2.87. The highest BCUT2D eigenvalue weighted by molar-refractivity contribution is 5.91. The SMILES string of the molecule is Cl.O=C(NCC1=CCNCC1)c1ccc([N+](=O)[O-])o1. The zero-order valence-electron chi connectivity index (χ0n) is 10.0. The number of carbonyl (C=O) groups is 1. The van der Waals surface area contributed by atoms with E-state index in [2.05, 4.69) is 10.6 Å². The van der Waals surface area contributed by atoms with E-state index in [9.17, 15) is 14.9 Å². The van der Waals surface area contributed by atoms with E-state index >= 15 is 0 Å². The molecule has 104 valence electrons. The van der Waals surface area contributed by atoms with Crippen LogP contribution in [0.25, 0.3) is 0 Å². The van der Waals surface area contributed by atoms with Gasteiger partial charge >= 0.3 is 5.88 Å². The van der Waals surface area contributed by atoms with Crippen molar-refractivity contribution in [2.75, 3.05) is 19.6 Å². The molecule has 0 aromatic carbocycles. The highest BCUT2D eigenvalue weighted by Gasteiger charge is 2.17. The summed E-state index contributed by atoms with van der Waals surface area (Å²) in [5, 5.41) is 16.2. The minimum Gasteiger partial charge on any atom is -0.395 e. The lowest BCUT2D eigenvalue weighted by Crippen LogP contribution is -2.29. The van der Waals surface area contributed by atoms with Gasteiger partial charge in [0.1, 0.15) is 4.92 Å². The van der Waals surface area contributed by atoms with E-state index < -0.39 is 16.7 Å². The molecule has 2 heterocycles. The van der Waals surface area contributed by atoms with Crippen molar-refractivity contribution in [1.29, 1.82) is 0 Å². The van der Waals surface area contributed by atoms with Gasteiger partial charge < -0.3 is 15.1 Å². The molecule has 2 N–H and O–H groups in total. The summed E-state index contributed by atoms with van der Waals surface area (Å²) in [5.41, 5.74) is 1.14. The molecule has 19 heavy (non-hydrogen) atoms. The molecule has 0 fully saturated rings. The molecule has 1 aromatic heterocycles. The summed E-state index contributed by atoms with van der Waals surface area (Å²) in [4.78, 5) is 21.4. The Labute approximate surface area is 115 Å². The largest absolute Gasteiger partial charge is 0.433 e. The van der Waals surface area contributed by atoms with E-state index in [1.54, 1.807) is 0 Å². The zero-order valence-corrected chi connectivity index (χ0v) is 10.9. The summed E-state index contributed by atoms with van der Waals surface area (Å²) in [6.07, 6.45) is 2.91. The van der Waals surface area contributed by atoms with Crippen LogP contribution in [0.2, 0.25) is 0 Å². The van der Waals surface area contributed by atoms with Crippen LogP contribution in [0.1, 0.15) is 17.0 Å². The third kappa shape index (κ3) is 4.08. The fourth-order valence-corrected chi connectivity index (χ4v) is 1.66. The first-order valence-electron chi connectivity index (χ1n) is 5.58. The molecule has 0 radical (unpaired) electrons. The van der Waals surface area contributed by atoms with Gasteiger partial charge in [-0.05, 0) is 19.0 Å². The Kier molecular flexibility index (Phi) is 5.53. The molecular weight excluding hydrogens is 274 g/mol. The van der Waals surface area contributed by atoms with Crippen molar-refractivity contribution in [2.45, 2.75) is 6.42 Å². The van der Waals surface area contributed by atoms with Crippen LogP contribution >= 0.6 is 12.4 Å². The molecule has 0 atom stereocenters. The molecular formula is C11H14ClN3O4. The molecule has 2 rings (SSSR count). The fraction of sp³-hybridized carbons (Fsp3) is 0.364. The van der Waals surface area contributed by atoms with Crippen LogP contribution in [0.15, 0.2) is 28.2 Å².